The van der Waals surface area contributed by atoms with Crippen LogP contribution in [-0.4, -0.2) is 30.7 Å². The molecule has 0 aromatic carbocycles. The third kappa shape index (κ3) is 6.67. The van der Waals surface area contributed by atoms with Crippen molar-refractivity contribution in [3.63, 3.8) is 0 Å². The Bertz CT molecular complexity index is 326. The molecule has 0 saturated carbocycles. The highest BCUT2D eigenvalue weighted by atomic mass is 16.6. The number of rotatable bonds is 7. The molecule has 0 aromatic heterocycles. The molecule has 17 heavy (non-hydrogen) atoms. The Kier molecular flexibility index (Phi) is 6.77. The van der Waals surface area contributed by atoms with Gasteiger partial charge in [0.1, 0.15) is 6.61 Å². The van der Waals surface area contributed by atoms with E-state index in [0.717, 1.165) is 18.2 Å². The summed E-state index contributed by atoms with van der Waals surface area (Å²) in [6, 6.07) is 0. The normalized spacial score (nSPS) is 10.6. The van der Waals surface area contributed by atoms with Gasteiger partial charge in [-0.1, -0.05) is 19.7 Å². The third-order valence-electron chi connectivity index (χ3n) is 1.46. The van der Waals surface area contributed by atoms with Crippen molar-refractivity contribution in [1.29, 1.82) is 0 Å². The maximum Gasteiger partial charge on any atom is 0.332 e. The highest BCUT2D eigenvalue weighted by Gasteiger charge is 2.15. The molecular formula is C11H13NO5. The summed E-state index contributed by atoms with van der Waals surface area (Å²) in [5.74, 6) is -2.02. The van der Waals surface area contributed by atoms with Gasteiger partial charge in [0.15, 0.2) is 0 Å². The summed E-state index contributed by atoms with van der Waals surface area (Å²) in [6.07, 6.45) is 1.75. The first-order chi connectivity index (χ1) is 8.03. The Hall–Kier alpha value is -2.37. The molecule has 1 N–H and O–H groups in total. The minimum Gasteiger partial charge on any atom is -0.456 e. The summed E-state index contributed by atoms with van der Waals surface area (Å²) in [7, 11) is 0. The Morgan fingerprint density at radius 1 is 1.06 bits per heavy atom. The van der Waals surface area contributed by atoms with E-state index in [1.807, 2.05) is 0 Å². The second kappa shape index (κ2) is 7.86. The zero-order valence-corrected chi connectivity index (χ0v) is 9.18. The van der Waals surface area contributed by atoms with E-state index in [2.05, 4.69) is 29.8 Å². The van der Waals surface area contributed by atoms with Gasteiger partial charge in [0.2, 0.25) is 12.1 Å². The molecule has 0 radical (unpaired) electrons. The van der Waals surface area contributed by atoms with Gasteiger partial charge in [-0.15, -0.1) is 0 Å². The molecule has 0 aliphatic heterocycles. The average molecular weight is 239 g/mol. The van der Waals surface area contributed by atoms with Crippen LogP contribution in [0, 0.1) is 0 Å². The monoisotopic (exact) mass is 239 g/mol. The first-order valence-corrected chi connectivity index (χ1v) is 4.58. The van der Waals surface area contributed by atoms with Crippen LogP contribution in [0.15, 0.2) is 38.0 Å². The number of esters is 2. The van der Waals surface area contributed by atoms with Crippen LogP contribution < -0.4 is 5.32 Å². The van der Waals surface area contributed by atoms with E-state index in [-0.39, 0.29) is 6.61 Å². The topological polar surface area (TPSA) is 81.7 Å². The molecule has 6 heteroatoms. The zero-order chi connectivity index (χ0) is 13.3. The van der Waals surface area contributed by atoms with E-state index in [9.17, 15) is 14.4 Å². The maximum atomic E-state index is 11.0. The van der Waals surface area contributed by atoms with Crippen molar-refractivity contribution in [3.05, 3.63) is 38.0 Å². The number of ether oxygens (including phenoxy) is 2. The molecule has 0 aliphatic rings. The van der Waals surface area contributed by atoms with Gasteiger partial charge in [0.25, 0.3) is 0 Å². The van der Waals surface area contributed by atoms with E-state index < -0.39 is 24.1 Å². The summed E-state index contributed by atoms with van der Waals surface area (Å²) >= 11 is 0. The second-order valence-corrected chi connectivity index (χ2v) is 2.68. The van der Waals surface area contributed by atoms with Crippen molar-refractivity contribution >= 4 is 17.8 Å². The average Bonchev–Trinajstić information content (AvgIpc) is 2.34. The maximum absolute atomic E-state index is 11.0. The molecule has 0 saturated heterocycles. The van der Waals surface area contributed by atoms with Gasteiger partial charge in [-0.3, -0.25) is 4.79 Å². The van der Waals surface area contributed by atoms with Gasteiger partial charge >= 0.3 is 11.9 Å². The van der Waals surface area contributed by atoms with Crippen LogP contribution in [0.4, 0.5) is 0 Å². The van der Waals surface area contributed by atoms with E-state index in [1.165, 1.54) is 0 Å². The van der Waals surface area contributed by atoms with Crippen LogP contribution in [0.5, 0.6) is 0 Å². The number of amides is 1. The smallest absolute Gasteiger partial charge is 0.332 e. The Labute approximate surface area is 98.6 Å². The van der Waals surface area contributed by atoms with E-state index in [0.29, 0.717) is 0 Å². The van der Waals surface area contributed by atoms with Crippen LogP contribution in [0.3, 0.4) is 0 Å². The molecule has 1 amide bonds. The van der Waals surface area contributed by atoms with Gasteiger partial charge in [0, 0.05) is 12.2 Å². The fourth-order valence-corrected chi connectivity index (χ4v) is 0.728. The summed E-state index contributed by atoms with van der Waals surface area (Å²) in [5, 5.41) is 2.25. The number of nitrogens with one attached hydrogen (secondary N) is 1. The summed E-state index contributed by atoms with van der Waals surface area (Å²) < 4.78 is 9.35. The highest BCUT2D eigenvalue weighted by Crippen LogP contribution is 1.93. The molecular weight excluding hydrogens is 226 g/mol. The minimum absolute atomic E-state index is 0.329. The lowest BCUT2D eigenvalue weighted by atomic mass is 10.5. The molecule has 6 nitrogen and oxygen atoms in total. The van der Waals surface area contributed by atoms with Crippen molar-refractivity contribution in [3.8, 4) is 0 Å². The lowest BCUT2D eigenvalue weighted by Gasteiger charge is -2.17. The molecule has 1 unspecified atom stereocenters. The Morgan fingerprint density at radius 2 is 1.65 bits per heavy atom. The zero-order valence-electron chi connectivity index (χ0n) is 9.18. The number of hydrogen-bond acceptors (Lipinski definition) is 5. The molecule has 0 heterocycles. The van der Waals surface area contributed by atoms with Gasteiger partial charge in [-0.2, -0.15) is 0 Å². The number of carbonyl (C=O) groups is 3. The lowest BCUT2D eigenvalue weighted by molar-refractivity contribution is -0.156. The Morgan fingerprint density at radius 3 is 2.12 bits per heavy atom. The molecule has 0 fully saturated rings. The molecule has 0 aliphatic carbocycles. The largest absolute Gasteiger partial charge is 0.456 e. The Balaban J connectivity index is 4.38. The lowest BCUT2D eigenvalue weighted by Crippen LogP contribution is -2.41. The molecule has 1 atom stereocenters. The van der Waals surface area contributed by atoms with Gasteiger partial charge in [-0.25, -0.2) is 9.59 Å². The van der Waals surface area contributed by atoms with Crippen molar-refractivity contribution in [2.75, 3.05) is 6.61 Å². The van der Waals surface area contributed by atoms with E-state index in [4.69, 9.17) is 4.74 Å². The molecule has 0 spiro atoms. The fourth-order valence-electron chi connectivity index (χ4n) is 0.728. The van der Waals surface area contributed by atoms with Crippen LogP contribution in [-0.2, 0) is 23.9 Å². The van der Waals surface area contributed by atoms with Gasteiger partial charge < -0.3 is 14.8 Å². The first kappa shape index (κ1) is 14.6. The minimum atomic E-state index is -1.10. The summed E-state index contributed by atoms with van der Waals surface area (Å²) in [4.78, 5) is 32.7. The first-order valence-electron chi connectivity index (χ1n) is 4.58. The van der Waals surface area contributed by atoms with E-state index in [1.54, 1.807) is 0 Å². The van der Waals surface area contributed by atoms with Gasteiger partial charge in [-0.05, 0) is 6.08 Å². The summed E-state index contributed by atoms with van der Waals surface area (Å²) in [6.45, 7) is 9.28. The molecule has 0 bridgehead atoms. The SMILES string of the molecule is C=CC(=O)NC(COC(=O)C=C)OC(=O)C=C. The van der Waals surface area contributed by atoms with Crippen molar-refractivity contribution in [2.45, 2.75) is 6.23 Å². The standard InChI is InChI=1S/C11H13NO5/c1-4-8(13)12-9(17-11(15)6-3)7-16-10(14)5-2/h4-6,9H,1-3,7H2,(H,12,13). The van der Waals surface area contributed by atoms with Crippen LogP contribution in [0.25, 0.3) is 0 Å². The molecule has 0 aromatic rings. The highest BCUT2D eigenvalue weighted by molar-refractivity contribution is 5.87. The predicted octanol–water partition coefficient (Wildman–Crippen LogP) is 0.0731. The number of carbonyl (C=O) groups excluding carboxylic acids is 3. The van der Waals surface area contributed by atoms with E-state index >= 15 is 0 Å². The van der Waals surface area contributed by atoms with Gasteiger partial charge in [0.05, 0.1) is 0 Å². The number of hydrogen-bond donors (Lipinski definition) is 1. The van der Waals surface area contributed by atoms with Crippen LogP contribution in [0.2, 0.25) is 0 Å². The molecule has 92 valence electrons. The fraction of sp³-hybridized carbons (Fsp3) is 0.182. The predicted molar refractivity (Wildman–Crippen MR) is 59.6 cm³/mol. The van der Waals surface area contributed by atoms with Crippen molar-refractivity contribution < 1.29 is 23.9 Å². The third-order valence-corrected chi connectivity index (χ3v) is 1.46. The van der Waals surface area contributed by atoms with Crippen LogP contribution >= 0.6 is 0 Å². The quantitative estimate of drug-likeness (QED) is 0.386. The van der Waals surface area contributed by atoms with Crippen molar-refractivity contribution in [1.82, 2.24) is 5.32 Å². The molecule has 0 rings (SSSR count). The second-order valence-electron chi connectivity index (χ2n) is 2.68. The van der Waals surface area contributed by atoms with Crippen molar-refractivity contribution in [2.24, 2.45) is 0 Å². The van der Waals surface area contributed by atoms with Crippen LogP contribution in [0.1, 0.15) is 0 Å². The summed E-state index contributed by atoms with van der Waals surface area (Å²) in [5.41, 5.74) is 0.